The average Bonchev–Trinajstić information content (AvgIpc) is 2.91. The number of nitrogens with two attached hydrogens (primary N) is 1. The zero-order valence-corrected chi connectivity index (χ0v) is 16.4. The van der Waals surface area contributed by atoms with Gasteiger partial charge in [0.1, 0.15) is 5.60 Å². The van der Waals surface area contributed by atoms with Crippen molar-refractivity contribution in [2.45, 2.75) is 52.2 Å². The third-order valence-electron chi connectivity index (χ3n) is 4.86. The largest absolute Gasteiger partial charge is 0.444 e. The predicted octanol–water partition coefficient (Wildman–Crippen LogP) is 3.32. The van der Waals surface area contributed by atoms with E-state index in [9.17, 15) is 9.59 Å². The van der Waals surface area contributed by atoms with Crippen molar-refractivity contribution < 1.29 is 14.3 Å². The van der Waals surface area contributed by atoms with Crippen molar-refractivity contribution in [3.8, 4) is 0 Å². The number of amides is 2. The number of piperidine rings is 1. The average molecular weight is 371 g/mol. The molecule has 6 nitrogen and oxygen atoms in total. The number of para-hydroxylation sites is 1. The Kier molecular flexibility index (Phi) is 5.44. The number of rotatable bonds is 4. The van der Waals surface area contributed by atoms with E-state index in [-0.39, 0.29) is 18.4 Å². The van der Waals surface area contributed by atoms with Gasteiger partial charge < -0.3 is 19.9 Å². The van der Waals surface area contributed by atoms with Crippen LogP contribution in [0.4, 0.5) is 4.79 Å². The zero-order chi connectivity index (χ0) is 19.6. The Labute approximate surface area is 160 Å². The lowest BCUT2D eigenvalue weighted by molar-refractivity contribution is -0.117. The molecule has 0 bridgehead atoms. The van der Waals surface area contributed by atoms with Gasteiger partial charge in [-0.15, -0.1) is 0 Å². The highest BCUT2D eigenvalue weighted by Gasteiger charge is 2.28. The first kappa shape index (κ1) is 19.3. The van der Waals surface area contributed by atoms with Gasteiger partial charge in [-0.2, -0.15) is 0 Å². The number of ether oxygens (including phenoxy) is 1. The SMILES string of the molecule is CC(C)(C)OC(=O)N1CCCC(Cn2cc(CC(N)=O)c3ccccc32)C1. The lowest BCUT2D eigenvalue weighted by Gasteiger charge is -2.34. The van der Waals surface area contributed by atoms with Crippen molar-refractivity contribution in [1.29, 1.82) is 0 Å². The molecule has 1 aliphatic rings. The molecule has 1 aromatic heterocycles. The molecule has 3 rings (SSSR count). The van der Waals surface area contributed by atoms with Crippen molar-refractivity contribution in [3.63, 3.8) is 0 Å². The second kappa shape index (κ2) is 7.62. The van der Waals surface area contributed by atoms with Crippen molar-refractivity contribution >= 4 is 22.9 Å². The maximum absolute atomic E-state index is 12.4. The third-order valence-corrected chi connectivity index (χ3v) is 4.86. The van der Waals surface area contributed by atoms with Gasteiger partial charge in [-0.05, 0) is 51.2 Å². The monoisotopic (exact) mass is 371 g/mol. The molecule has 1 unspecified atom stereocenters. The standard InChI is InChI=1S/C21H29N3O3/c1-21(2,3)27-20(26)23-10-6-7-15(12-23)13-24-14-16(11-19(22)25)17-8-4-5-9-18(17)24/h4-5,8-9,14-15H,6-7,10-13H2,1-3H3,(H2,22,25). The molecular formula is C21H29N3O3. The first-order valence-electron chi connectivity index (χ1n) is 9.56. The second-order valence-corrected chi connectivity index (χ2v) is 8.40. The molecule has 0 spiro atoms. The topological polar surface area (TPSA) is 77.6 Å². The van der Waals surface area contributed by atoms with Gasteiger partial charge in [-0.3, -0.25) is 4.79 Å². The second-order valence-electron chi connectivity index (χ2n) is 8.40. The fraction of sp³-hybridized carbons (Fsp3) is 0.524. The predicted molar refractivity (Wildman–Crippen MR) is 105 cm³/mol. The molecule has 6 heteroatoms. The van der Waals surface area contributed by atoms with Gasteiger partial charge in [-0.25, -0.2) is 4.79 Å². The molecule has 2 heterocycles. The van der Waals surface area contributed by atoms with Crippen LogP contribution in [-0.2, 0) is 22.5 Å². The van der Waals surface area contributed by atoms with Gasteiger partial charge in [0.15, 0.2) is 0 Å². The number of aromatic nitrogens is 1. The Bertz CT molecular complexity index is 835. The van der Waals surface area contributed by atoms with E-state index in [1.54, 1.807) is 0 Å². The maximum Gasteiger partial charge on any atom is 0.410 e. The molecule has 1 aromatic carbocycles. The minimum Gasteiger partial charge on any atom is -0.444 e. The number of hydrogen-bond acceptors (Lipinski definition) is 3. The summed E-state index contributed by atoms with van der Waals surface area (Å²) >= 11 is 0. The minimum absolute atomic E-state index is 0.237. The van der Waals surface area contributed by atoms with Gasteiger partial charge in [0, 0.05) is 36.7 Å². The number of benzene rings is 1. The zero-order valence-electron chi connectivity index (χ0n) is 16.4. The number of likely N-dealkylation sites (tertiary alicyclic amines) is 1. The van der Waals surface area contributed by atoms with Gasteiger partial charge in [0.05, 0.1) is 6.42 Å². The van der Waals surface area contributed by atoms with E-state index in [0.29, 0.717) is 12.5 Å². The Balaban J connectivity index is 1.75. The van der Waals surface area contributed by atoms with Crippen molar-refractivity contribution in [2.24, 2.45) is 11.7 Å². The Morgan fingerprint density at radius 1 is 1.26 bits per heavy atom. The van der Waals surface area contributed by atoms with Crippen LogP contribution >= 0.6 is 0 Å². The molecule has 0 aliphatic carbocycles. The molecule has 27 heavy (non-hydrogen) atoms. The highest BCUT2D eigenvalue weighted by atomic mass is 16.6. The van der Waals surface area contributed by atoms with Crippen LogP contribution in [0.2, 0.25) is 0 Å². The van der Waals surface area contributed by atoms with E-state index in [2.05, 4.69) is 10.6 Å². The Hall–Kier alpha value is -2.50. The van der Waals surface area contributed by atoms with Crippen LogP contribution in [0.25, 0.3) is 10.9 Å². The Morgan fingerprint density at radius 2 is 2.00 bits per heavy atom. The molecule has 0 saturated carbocycles. The van der Waals surface area contributed by atoms with Crippen LogP contribution in [0, 0.1) is 5.92 Å². The van der Waals surface area contributed by atoms with Crippen LogP contribution in [0.5, 0.6) is 0 Å². The number of primary amides is 1. The van der Waals surface area contributed by atoms with Crippen LogP contribution < -0.4 is 5.73 Å². The van der Waals surface area contributed by atoms with E-state index in [4.69, 9.17) is 10.5 Å². The first-order valence-corrected chi connectivity index (χ1v) is 9.56. The van der Waals surface area contributed by atoms with Crippen LogP contribution in [0.3, 0.4) is 0 Å². The van der Waals surface area contributed by atoms with Gasteiger partial charge >= 0.3 is 6.09 Å². The number of hydrogen-bond donors (Lipinski definition) is 1. The number of nitrogens with zero attached hydrogens (tertiary/aromatic N) is 2. The molecule has 2 amide bonds. The molecule has 0 radical (unpaired) electrons. The molecule has 1 atom stereocenters. The van der Waals surface area contributed by atoms with E-state index in [1.165, 1.54) is 0 Å². The summed E-state index contributed by atoms with van der Waals surface area (Å²) in [5.74, 6) is 0.0233. The molecule has 2 N–H and O–H groups in total. The van der Waals surface area contributed by atoms with Crippen molar-refractivity contribution in [3.05, 3.63) is 36.0 Å². The maximum atomic E-state index is 12.4. The summed E-state index contributed by atoms with van der Waals surface area (Å²) in [4.78, 5) is 25.6. The van der Waals surface area contributed by atoms with Crippen LogP contribution in [0.15, 0.2) is 30.5 Å². The summed E-state index contributed by atoms with van der Waals surface area (Å²) < 4.78 is 7.71. The van der Waals surface area contributed by atoms with Gasteiger partial charge in [0.2, 0.25) is 5.91 Å². The molecular weight excluding hydrogens is 342 g/mol. The number of carbonyl (C=O) groups is 2. The quantitative estimate of drug-likeness (QED) is 0.895. The van der Waals surface area contributed by atoms with Gasteiger partial charge in [0.25, 0.3) is 0 Å². The van der Waals surface area contributed by atoms with Gasteiger partial charge in [-0.1, -0.05) is 18.2 Å². The molecule has 1 fully saturated rings. The molecule has 146 valence electrons. The van der Waals surface area contributed by atoms with E-state index < -0.39 is 5.60 Å². The molecule has 1 aliphatic heterocycles. The van der Waals surface area contributed by atoms with E-state index in [1.807, 2.05) is 50.1 Å². The summed E-state index contributed by atoms with van der Waals surface area (Å²) in [6, 6.07) is 8.06. The summed E-state index contributed by atoms with van der Waals surface area (Å²) in [6.45, 7) is 7.89. The third kappa shape index (κ3) is 4.81. The highest BCUT2D eigenvalue weighted by Crippen LogP contribution is 2.26. The highest BCUT2D eigenvalue weighted by molar-refractivity contribution is 5.88. The molecule has 1 saturated heterocycles. The molecule has 2 aromatic rings. The number of carbonyl (C=O) groups excluding carboxylic acids is 2. The van der Waals surface area contributed by atoms with Crippen LogP contribution in [-0.4, -0.2) is 40.2 Å². The Morgan fingerprint density at radius 3 is 2.70 bits per heavy atom. The fourth-order valence-corrected chi connectivity index (χ4v) is 3.79. The minimum atomic E-state index is -0.482. The summed E-state index contributed by atoms with van der Waals surface area (Å²) in [5.41, 5.74) is 6.98. The van der Waals surface area contributed by atoms with E-state index in [0.717, 1.165) is 42.4 Å². The van der Waals surface area contributed by atoms with Crippen LogP contribution in [0.1, 0.15) is 39.2 Å². The summed E-state index contributed by atoms with van der Waals surface area (Å²) in [5, 5.41) is 1.07. The fourth-order valence-electron chi connectivity index (χ4n) is 3.79. The lowest BCUT2D eigenvalue weighted by atomic mass is 9.98. The first-order chi connectivity index (χ1) is 12.7. The number of fused-ring (bicyclic) bond motifs is 1. The summed E-state index contributed by atoms with van der Waals surface area (Å²) in [6.07, 6.45) is 4.07. The smallest absolute Gasteiger partial charge is 0.410 e. The van der Waals surface area contributed by atoms with Crippen molar-refractivity contribution in [1.82, 2.24) is 9.47 Å². The normalized spacial score (nSPS) is 17.9. The summed E-state index contributed by atoms with van der Waals surface area (Å²) in [7, 11) is 0. The van der Waals surface area contributed by atoms with Crippen molar-refractivity contribution in [2.75, 3.05) is 13.1 Å². The van der Waals surface area contributed by atoms with E-state index >= 15 is 0 Å². The lowest BCUT2D eigenvalue weighted by Crippen LogP contribution is -2.43.